The number of hydrogen-bond acceptors (Lipinski definition) is 5. The van der Waals surface area contributed by atoms with Gasteiger partial charge in [0.2, 0.25) is 10.0 Å². The summed E-state index contributed by atoms with van der Waals surface area (Å²) in [7, 11) is -2.61. The predicted octanol–water partition coefficient (Wildman–Crippen LogP) is 3.01. The van der Waals surface area contributed by atoms with Crippen molar-refractivity contribution in [1.29, 1.82) is 0 Å². The smallest absolute Gasteiger partial charge is 0.342 e. The Kier molecular flexibility index (Phi) is 5.71. The summed E-state index contributed by atoms with van der Waals surface area (Å²) in [6.45, 7) is -0.0710. The molecule has 0 amide bonds. The number of sulfonamides is 1. The maximum absolute atomic E-state index is 12.2. The molecule has 9 heteroatoms. The highest BCUT2D eigenvalue weighted by Gasteiger charge is 2.18. The third-order valence-electron chi connectivity index (χ3n) is 3.07. The SMILES string of the molecule is COc1ccc(S(N)(=O)=O)cc1C(=O)OCc1ccc(Cl)c(Cl)c1. The van der Waals surface area contributed by atoms with E-state index in [1.165, 1.54) is 19.2 Å². The first-order chi connectivity index (χ1) is 11.2. The first-order valence-electron chi connectivity index (χ1n) is 6.54. The van der Waals surface area contributed by atoms with Gasteiger partial charge in [-0.15, -0.1) is 0 Å². The van der Waals surface area contributed by atoms with Gasteiger partial charge < -0.3 is 9.47 Å². The van der Waals surface area contributed by atoms with Crippen molar-refractivity contribution in [3.63, 3.8) is 0 Å². The van der Waals surface area contributed by atoms with Crippen LogP contribution in [0.5, 0.6) is 5.75 Å². The fourth-order valence-corrected chi connectivity index (χ4v) is 2.74. The number of methoxy groups -OCH3 is 1. The molecule has 0 fully saturated rings. The molecule has 0 aliphatic heterocycles. The Labute approximate surface area is 149 Å². The Hall–Kier alpha value is -1.80. The van der Waals surface area contributed by atoms with Gasteiger partial charge in [0.1, 0.15) is 17.9 Å². The van der Waals surface area contributed by atoms with Crippen LogP contribution >= 0.6 is 23.2 Å². The Balaban J connectivity index is 2.23. The highest BCUT2D eigenvalue weighted by Crippen LogP contribution is 2.25. The first kappa shape index (κ1) is 18.5. The molecule has 0 atom stereocenters. The Bertz CT molecular complexity index is 883. The van der Waals surface area contributed by atoms with E-state index in [9.17, 15) is 13.2 Å². The van der Waals surface area contributed by atoms with Crippen molar-refractivity contribution in [2.75, 3.05) is 7.11 Å². The van der Waals surface area contributed by atoms with E-state index in [0.29, 0.717) is 15.6 Å². The van der Waals surface area contributed by atoms with Gasteiger partial charge in [0, 0.05) is 0 Å². The number of hydrogen-bond donors (Lipinski definition) is 1. The second kappa shape index (κ2) is 7.40. The lowest BCUT2D eigenvalue weighted by molar-refractivity contribution is 0.0468. The molecule has 0 aliphatic rings. The molecule has 0 radical (unpaired) electrons. The molecular formula is C15H13Cl2NO5S. The Morgan fingerprint density at radius 3 is 2.42 bits per heavy atom. The molecule has 0 saturated heterocycles. The van der Waals surface area contributed by atoms with E-state index in [1.54, 1.807) is 18.2 Å². The summed E-state index contributed by atoms with van der Waals surface area (Å²) in [5.41, 5.74) is 0.573. The van der Waals surface area contributed by atoms with Crippen LogP contribution < -0.4 is 9.88 Å². The van der Waals surface area contributed by atoms with Gasteiger partial charge in [-0.2, -0.15) is 0 Å². The zero-order valence-electron chi connectivity index (χ0n) is 12.5. The van der Waals surface area contributed by atoms with Crippen molar-refractivity contribution in [2.45, 2.75) is 11.5 Å². The molecule has 24 heavy (non-hydrogen) atoms. The topological polar surface area (TPSA) is 95.7 Å². The summed E-state index contributed by atoms with van der Waals surface area (Å²) >= 11 is 11.7. The summed E-state index contributed by atoms with van der Waals surface area (Å²) in [4.78, 5) is 12.0. The zero-order valence-corrected chi connectivity index (χ0v) is 14.8. The zero-order chi connectivity index (χ0) is 17.9. The normalized spacial score (nSPS) is 11.2. The standard InChI is InChI=1S/C15H13Cl2NO5S/c1-22-14-5-3-10(24(18,20)21)7-11(14)15(19)23-8-9-2-4-12(16)13(17)6-9/h2-7H,8H2,1H3,(H2,18,20,21). The van der Waals surface area contributed by atoms with Crippen LogP contribution in [0.3, 0.4) is 0 Å². The summed E-state index contributed by atoms with van der Waals surface area (Å²) in [5.74, 6) is -0.593. The number of halogens is 2. The summed E-state index contributed by atoms with van der Waals surface area (Å²) < 4.78 is 33.0. The van der Waals surface area contributed by atoms with Crippen LogP contribution in [0.1, 0.15) is 15.9 Å². The van der Waals surface area contributed by atoms with Gasteiger partial charge in [-0.05, 0) is 35.9 Å². The van der Waals surface area contributed by atoms with Crippen LogP contribution in [-0.2, 0) is 21.4 Å². The van der Waals surface area contributed by atoms with Gasteiger partial charge in [-0.3, -0.25) is 0 Å². The third kappa shape index (κ3) is 4.39. The molecule has 0 saturated carbocycles. The van der Waals surface area contributed by atoms with Crippen molar-refractivity contribution < 1.29 is 22.7 Å². The maximum atomic E-state index is 12.2. The van der Waals surface area contributed by atoms with E-state index in [0.717, 1.165) is 6.07 Å². The van der Waals surface area contributed by atoms with Gasteiger partial charge in [-0.25, -0.2) is 18.4 Å². The number of esters is 1. The minimum atomic E-state index is -3.96. The summed E-state index contributed by atoms with van der Waals surface area (Å²) in [5, 5.41) is 5.78. The number of carbonyl (C=O) groups excluding carboxylic acids is 1. The lowest BCUT2D eigenvalue weighted by Crippen LogP contribution is -2.14. The third-order valence-corrected chi connectivity index (χ3v) is 4.72. The molecule has 128 valence electrons. The van der Waals surface area contributed by atoms with Gasteiger partial charge in [0.25, 0.3) is 0 Å². The van der Waals surface area contributed by atoms with E-state index >= 15 is 0 Å². The number of ether oxygens (including phenoxy) is 2. The van der Waals surface area contributed by atoms with Gasteiger partial charge in [-0.1, -0.05) is 29.3 Å². The molecule has 0 aromatic heterocycles. The molecule has 2 N–H and O–H groups in total. The molecule has 6 nitrogen and oxygen atoms in total. The average molecular weight is 390 g/mol. The van der Waals surface area contributed by atoms with E-state index in [2.05, 4.69) is 0 Å². The van der Waals surface area contributed by atoms with Crippen molar-refractivity contribution in [2.24, 2.45) is 5.14 Å². The Morgan fingerprint density at radius 1 is 1.12 bits per heavy atom. The monoisotopic (exact) mass is 389 g/mol. The maximum Gasteiger partial charge on any atom is 0.342 e. The molecule has 2 aromatic rings. The number of benzene rings is 2. The molecule has 2 rings (SSSR count). The molecule has 0 heterocycles. The lowest BCUT2D eigenvalue weighted by Gasteiger charge is -2.10. The quantitative estimate of drug-likeness (QED) is 0.792. The Morgan fingerprint density at radius 2 is 1.83 bits per heavy atom. The number of rotatable bonds is 5. The summed E-state index contributed by atoms with van der Waals surface area (Å²) in [6.07, 6.45) is 0. The fraction of sp³-hybridized carbons (Fsp3) is 0.133. The number of primary sulfonamides is 1. The molecule has 0 unspecified atom stereocenters. The van der Waals surface area contributed by atoms with Crippen LogP contribution in [0, 0.1) is 0 Å². The van der Waals surface area contributed by atoms with Crippen LogP contribution in [0.4, 0.5) is 0 Å². The van der Waals surface area contributed by atoms with Crippen LogP contribution in [0.25, 0.3) is 0 Å². The van der Waals surface area contributed by atoms with E-state index < -0.39 is 16.0 Å². The van der Waals surface area contributed by atoms with Crippen LogP contribution in [-0.4, -0.2) is 21.5 Å². The molecule has 0 bridgehead atoms. The van der Waals surface area contributed by atoms with Gasteiger partial charge in [0.15, 0.2) is 0 Å². The highest BCUT2D eigenvalue weighted by molar-refractivity contribution is 7.89. The van der Waals surface area contributed by atoms with E-state index in [4.69, 9.17) is 37.8 Å². The summed E-state index contributed by atoms with van der Waals surface area (Å²) in [6, 6.07) is 8.47. The number of carbonyl (C=O) groups is 1. The fourth-order valence-electron chi connectivity index (χ4n) is 1.88. The average Bonchev–Trinajstić information content (AvgIpc) is 2.54. The van der Waals surface area contributed by atoms with Crippen LogP contribution in [0.2, 0.25) is 10.0 Å². The first-order valence-corrected chi connectivity index (χ1v) is 8.84. The predicted molar refractivity (Wildman–Crippen MR) is 89.9 cm³/mol. The molecule has 0 spiro atoms. The lowest BCUT2D eigenvalue weighted by atomic mass is 10.2. The minimum Gasteiger partial charge on any atom is -0.496 e. The van der Waals surface area contributed by atoms with Crippen molar-refractivity contribution in [1.82, 2.24) is 0 Å². The molecular weight excluding hydrogens is 377 g/mol. The van der Waals surface area contributed by atoms with Crippen molar-refractivity contribution in [3.8, 4) is 5.75 Å². The second-order valence-electron chi connectivity index (χ2n) is 4.73. The molecule has 2 aromatic carbocycles. The van der Waals surface area contributed by atoms with Crippen LogP contribution in [0.15, 0.2) is 41.3 Å². The van der Waals surface area contributed by atoms with Gasteiger partial charge >= 0.3 is 5.97 Å². The van der Waals surface area contributed by atoms with E-state index in [1.807, 2.05) is 0 Å². The van der Waals surface area contributed by atoms with Crippen molar-refractivity contribution in [3.05, 3.63) is 57.6 Å². The second-order valence-corrected chi connectivity index (χ2v) is 7.11. The molecule has 0 aliphatic carbocycles. The highest BCUT2D eigenvalue weighted by atomic mass is 35.5. The van der Waals surface area contributed by atoms with E-state index in [-0.39, 0.29) is 22.8 Å². The van der Waals surface area contributed by atoms with Gasteiger partial charge in [0.05, 0.1) is 22.1 Å². The van der Waals surface area contributed by atoms with Crippen molar-refractivity contribution >= 4 is 39.2 Å². The minimum absolute atomic E-state index is 0.0518. The number of nitrogens with two attached hydrogens (primary N) is 1. The largest absolute Gasteiger partial charge is 0.496 e.